The molecule has 0 bridgehead atoms. The van der Waals surface area contributed by atoms with E-state index in [1.807, 2.05) is 61.5 Å². The van der Waals surface area contributed by atoms with Crippen LogP contribution in [-0.2, 0) is 0 Å². The van der Waals surface area contributed by atoms with Crippen molar-refractivity contribution in [2.45, 2.75) is 0 Å². The van der Waals surface area contributed by atoms with E-state index in [2.05, 4.69) is 15.3 Å². The van der Waals surface area contributed by atoms with Crippen LogP contribution >= 0.6 is 0 Å². The number of hydrogen-bond acceptors (Lipinski definition) is 6. The number of aromatic nitrogens is 2. The van der Waals surface area contributed by atoms with Crippen molar-refractivity contribution in [1.29, 1.82) is 0 Å². The fourth-order valence-corrected chi connectivity index (χ4v) is 2.47. The molecule has 0 saturated heterocycles. The maximum absolute atomic E-state index is 5.30. The van der Waals surface area contributed by atoms with Crippen molar-refractivity contribution in [3.63, 3.8) is 0 Å². The van der Waals surface area contributed by atoms with Gasteiger partial charge < -0.3 is 19.7 Å². The van der Waals surface area contributed by atoms with Crippen LogP contribution in [0.15, 0.2) is 42.5 Å². The van der Waals surface area contributed by atoms with Gasteiger partial charge in [-0.25, -0.2) is 4.98 Å². The van der Waals surface area contributed by atoms with Gasteiger partial charge in [0.15, 0.2) is 0 Å². The van der Waals surface area contributed by atoms with Gasteiger partial charge in [0.25, 0.3) is 0 Å². The molecule has 0 saturated carbocycles. The standard InChI is InChI=1S/C18H20N4O2/c1-22(2)17-15-7-5-6-8-16(15)20-18(21-17)19-12-9-13(23-3)11-14(10-12)24-4/h5-11H,1-4H3,(H,19,20,21). The lowest BCUT2D eigenvalue weighted by molar-refractivity contribution is 0.395. The van der Waals surface area contributed by atoms with Crippen LogP contribution in [0.4, 0.5) is 17.5 Å². The molecule has 0 radical (unpaired) electrons. The summed E-state index contributed by atoms with van der Waals surface area (Å²) in [6.07, 6.45) is 0. The second-order valence-electron chi connectivity index (χ2n) is 5.51. The molecule has 0 atom stereocenters. The molecular weight excluding hydrogens is 304 g/mol. The third-order valence-corrected chi connectivity index (χ3v) is 3.61. The third kappa shape index (κ3) is 3.17. The van der Waals surface area contributed by atoms with Crippen molar-refractivity contribution in [3.05, 3.63) is 42.5 Å². The van der Waals surface area contributed by atoms with Crippen molar-refractivity contribution in [3.8, 4) is 11.5 Å². The molecule has 24 heavy (non-hydrogen) atoms. The predicted molar refractivity (Wildman–Crippen MR) is 96.7 cm³/mol. The highest BCUT2D eigenvalue weighted by Gasteiger charge is 2.10. The van der Waals surface area contributed by atoms with Crippen LogP contribution in [0.3, 0.4) is 0 Å². The maximum Gasteiger partial charge on any atom is 0.229 e. The molecule has 3 rings (SSSR count). The van der Waals surface area contributed by atoms with Gasteiger partial charge in [0.05, 0.1) is 19.7 Å². The van der Waals surface area contributed by atoms with Gasteiger partial charge in [0.1, 0.15) is 17.3 Å². The lowest BCUT2D eigenvalue weighted by atomic mass is 10.2. The van der Waals surface area contributed by atoms with Gasteiger partial charge in [-0.2, -0.15) is 4.98 Å². The Morgan fingerprint density at radius 3 is 2.21 bits per heavy atom. The zero-order valence-electron chi connectivity index (χ0n) is 14.2. The summed E-state index contributed by atoms with van der Waals surface area (Å²) in [5, 5.41) is 4.24. The van der Waals surface area contributed by atoms with Gasteiger partial charge in [0, 0.05) is 43.4 Å². The number of rotatable bonds is 5. The Kier molecular flexibility index (Phi) is 4.37. The number of nitrogens with zero attached hydrogens (tertiary/aromatic N) is 3. The quantitative estimate of drug-likeness (QED) is 0.775. The molecule has 0 aliphatic carbocycles. The molecule has 0 aliphatic rings. The first-order valence-electron chi connectivity index (χ1n) is 7.55. The Morgan fingerprint density at radius 1 is 0.917 bits per heavy atom. The Labute approximate surface area is 141 Å². The summed E-state index contributed by atoms with van der Waals surface area (Å²) in [7, 11) is 7.17. The van der Waals surface area contributed by atoms with Crippen molar-refractivity contribution >= 4 is 28.4 Å². The molecule has 6 heteroatoms. The first kappa shape index (κ1) is 15.9. The van der Waals surface area contributed by atoms with E-state index in [4.69, 9.17) is 9.47 Å². The number of para-hydroxylation sites is 1. The molecule has 1 aromatic heterocycles. The fourth-order valence-electron chi connectivity index (χ4n) is 2.47. The number of nitrogens with one attached hydrogen (secondary N) is 1. The normalized spacial score (nSPS) is 10.5. The van der Waals surface area contributed by atoms with Gasteiger partial charge in [-0.1, -0.05) is 12.1 Å². The van der Waals surface area contributed by atoms with Crippen LogP contribution in [0.2, 0.25) is 0 Å². The van der Waals surface area contributed by atoms with Crippen LogP contribution in [0.25, 0.3) is 10.9 Å². The van der Waals surface area contributed by atoms with E-state index in [1.165, 1.54) is 0 Å². The molecule has 1 heterocycles. The van der Waals surface area contributed by atoms with Crippen LogP contribution in [0, 0.1) is 0 Å². The number of hydrogen-bond donors (Lipinski definition) is 1. The second-order valence-corrected chi connectivity index (χ2v) is 5.51. The van der Waals surface area contributed by atoms with Crippen molar-refractivity contribution in [2.24, 2.45) is 0 Å². The summed E-state index contributed by atoms with van der Waals surface area (Å²) in [6, 6.07) is 13.5. The van der Waals surface area contributed by atoms with Gasteiger partial charge in [-0.15, -0.1) is 0 Å². The fraction of sp³-hybridized carbons (Fsp3) is 0.222. The minimum absolute atomic E-state index is 0.521. The number of ether oxygens (including phenoxy) is 2. The Morgan fingerprint density at radius 2 is 1.58 bits per heavy atom. The van der Waals surface area contributed by atoms with Crippen LogP contribution in [0.5, 0.6) is 11.5 Å². The molecule has 0 aliphatic heterocycles. The molecular formula is C18H20N4O2. The van der Waals surface area contributed by atoms with E-state index in [9.17, 15) is 0 Å². The van der Waals surface area contributed by atoms with Crippen molar-refractivity contribution < 1.29 is 9.47 Å². The van der Waals surface area contributed by atoms with Gasteiger partial charge >= 0.3 is 0 Å². The highest BCUT2D eigenvalue weighted by molar-refractivity contribution is 5.90. The van der Waals surface area contributed by atoms with Gasteiger partial charge in [0.2, 0.25) is 5.95 Å². The van der Waals surface area contributed by atoms with E-state index in [0.717, 1.165) is 22.4 Å². The van der Waals surface area contributed by atoms with Crippen molar-refractivity contribution in [2.75, 3.05) is 38.5 Å². The number of methoxy groups -OCH3 is 2. The Balaban J connectivity index is 2.04. The third-order valence-electron chi connectivity index (χ3n) is 3.61. The number of anilines is 3. The second kappa shape index (κ2) is 6.62. The summed E-state index contributed by atoms with van der Waals surface area (Å²) in [5.41, 5.74) is 1.68. The van der Waals surface area contributed by atoms with Gasteiger partial charge in [-0.05, 0) is 12.1 Å². The van der Waals surface area contributed by atoms with E-state index < -0.39 is 0 Å². The van der Waals surface area contributed by atoms with Crippen molar-refractivity contribution in [1.82, 2.24) is 9.97 Å². The van der Waals surface area contributed by atoms with E-state index >= 15 is 0 Å². The smallest absolute Gasteiger partial charge is 0.229 e. The van der Waals surface area contributed by atoms with Crippen LogP contribution in [0.1, 0.15) is 0 Å². The summed E-state index contributed by atoms with van der Waals surface area (Å²) in [4.78, 5) is 11.2. The molecule has 3 aromatic rings. The summed E-state index contributed by atoms with van der Waals surface area (Å²) < 4.78 is 10.6. The van der Waals surface area contributed by atoms with Gasteiger partial charge in [-0.3, -0.25) is 0 Å². The van der Waals surface area contributed by atoms with E-state index in [-0.39, 0.29) is 0 Å². The molecule has 1 N–H and O–H groups in total. The predicted octanol–water partition coefficient (Wildman–Crippen LogP) is 3.46. The average molecular weight is 324 g/mol. The van der Waals surface area contributed by atoms with E-state index in [1.54, 1.807) is 14.2 Å². The molecule has 0 spiro atoms. The molecule has 0 unspecified atom stereocenters. The summed E-state index contributed by atoms with van der Waals surface area (Å²) >= 11 is 0. The highest BCUT2D eigenvalue weighted by Crippen LogP contribution is 2.29. The number of fused-ring (bicyclic) bond motifs is 1. The Hall–Kier alpha value is -3.02. The maximum atomic E-state index is 5.30. The zero-order valence-corrected chi connectivity index (χ0v) is 14.2. The topological polar surface area (TPSA) is 59.5 Å². The Bertz CT molecular complexity index is 843. The first-order chi connectivity index (χ1) is 11.6. The largest absolute Gasteiger partial charge is 0.497 e. The molecule has 0 fully saturated rings. The van der Waals surface area contributed by atoms with Crippen LogP contribution < -0.4 is 19.7 Å². The lowest BCUT2D eigenvalue weighted by Crippen LogP contribution is -2.13. The molecule has 2 aromatic carbocycles. The molecule has 0 amide bonds. The first-order valence-corrected chi connectivity index (χ1v) is 7.55. The lowest BCUT2D eigenvalue weighted by Gasteiger charge is -2.16. The minimum atomic E-state index is 0.521. The average Bonchev–Trinajstić information content (AvgIpc) is 2.60. The summed E-state index contributed by atoms with van der Waals surface area (Å²) in [6.45, 7) is 0. The van der Waals surface area contributed by atoms with E-state index in [0.29, 0.717) is 17.4 Å². The zero-order chi connectivity index (χ0) is 17.1. The van der Waals surface area contributed by atoms with Crippen LogP contribution in [-0.4, -0.2) is 38.3 Å². The summed E-state index contributed by atoms with van der Waals surface area (Å²) in [5.74, 6) is 2.78. The highest BCUT2D eigenvalue weighted by atomic mass is 16.5. The SMILES string of the molecule is COc1cc(Nc2nc(N(C)C)c3ccccc3n2)cc(OC)c1. The monoisotopic (exact) mass is 324 g/mol. The minimum Gasteiger partial charge on any atom is -0.497 e. The number of benzene rings is 2. The molecule has 6 nitrogen and oxygen atoms in total. The molecule has 124 valence electrons.